The third kappa shape index (κ3) is 33.0. The van der Waals surface area contributed by atoms with Gasteiger partial charge in [0.05, 0.1) is 6.26 Å². The van der Waals surface area contributed by atoms with Crippen LogP contribution in [0.4, 0.5) is 0 Å². The highest BCUT2D eigenvalue weighted by atomic mass is 16.5. The third-order valence-corrected chi connectivity index (χ3v) is 7.66. The smallest absolute Gasteiger partial charge is 0.310 e. The first-order valence-electron chi connectivity index (χ1n) is 17.3. The highest BCUT2D eigenvalue weighted by molar-refractivity contribution is 5.69. The van der Waals surface area contributed by atoms with Gasteiger partial charge in [0.15, 0.2) is 0 Å². The fourth-order valence-electron chi connectivity index (χ4n) is 5.05. The second kappa shape index (κ2) is 34.0. The molecule has 0 saturated heterocycles. The van der Waals surface area contributed by atoms with Crippen LogP contribution in [-0.4, -0.2) is 5.97 Å². The predicted molar refractivity (Wildman–Crippen MR) is 170 cm³/mol. The Morgan fingerprint density at radius 3 is 1.13 bits per heavy atom. The Labute approximate surface area is 239 Å². The molecule has 0 spiro atoms. The molecule has 0 aromatic heterocycles. The summed E-state index contributed by atoms with van der Waals surface area (Å²) in [6, 6.07) is 0. The van der Waals surface area contributed by atoms with E-state index < -0.39 is 0 Å². The summed E-state index contributed by atoms with van der Waals surface area (Å²) >= 11 is 0. The van der Waals surface area contributed by atoms with Gasteiger partial charge < -0.3 is 4.74 Å². The first kappa shape index (κ1) is 37.0. The lowest BCUT2D eigenvalue weighted by atomic mass is 10.0. The van der Waals surface area contributed by atoms with Gasteiger partial charge in [0.1, 0.15) is 0 Å². The van der Waals surface area contributed by atoms with E-state index in [1.54, 1.807) is 6.26 Å². The van der Waals surface area contributed by atoms with Crippen molar-refractivity contribution in [2.75, 3.05) is 0 Å². The minimum atomic E-state index is -0.0696. The van der Waals surface area contributed by atoms with Gasteiger partial charge >= 0.3 is 5.97 Å². The molecule has 0 atom stereocenters. The van der Waals surface area contributed by atoms with E-state index in [2.05, 4.69) is 26.0 Å². The summed E-state index contributed by atoms with van der Waals surface area (Å²) in [5.41, 5.74) is 0. The molecular weight excluding hydrogens is 464 g/mol. The Balaban J connectivity index is 3.26. The number of hydrogen-bond donors (Lipinski definition) is 0. The molecule has 0 aromatic carbocycles. The Morgan fingerprint density at radius 1 is 0.421 bits per heavy atom. The zero-order valence-electron chi connectivity index (χ0n) is 26.1. The minimum Gasteiger partial charge on any atom is -0.435 e. The SMILES string of the molecule is CCCCCCCC/C=C\CCCCCCCC(=O)OC=CCCCCCCCCCCCCCCCC. The largest absolute Gasteiger partial charge is 0.435 e. The van der Waals surface area contributed by atoms with Crippen molar-refractivity contribution in [3.8, 4) is 0 Å². The lowest BCUT2D eigenvalue weighted by molar-refractivity contribution is -0.138. The molecule has 0 aromatic rings. The molecule has 0 radical (unpaired) electrons. The molecule has 0 amide bonds. The van der Waals surface area contributed by atoms with Gasteiger partial charge in [-0.1, -0.05) is 161 Å². The number of rotatable bonds is 31. The van der Waals surface area contributed by atoms with Crippen molar-refractivity contribution >= 4 is 5.97 Å². The van der Waals surface area contributed by atoms with Crippen LogP contribution in [0.25, 0.3) is 0 Å². The quantitative estimate of drug-likeness (QED) is 0.0384. The number of unbranched alkanes of at least 4 members (excludes halogenated alkanes) is 25. The third-order valence-electron chi connectivity index (χ3n) is 7.66. The fraction of sp³-hybridized carbons (Fsp3) is 0.861. The van der Waals surface area contributed by atoms with Crippen molar-refractivity contribution in [2.45, 2.75) is 200 Å². The summed E-state index contributed by atoms with van der Waals surface area (Å²) in [6.45, 7) is 4.56. The highest BCUT2D eigenvalue weighted by Gasteiger charge is 2.00. The molecule has 38 heavy (non-hydrogen) atoms. The van der Waals surface area contributed by atoms with Crippen LogP contribution in [0.3, 0.4) is 0 Å². The minimum absolute atomic E-state index is 0.0696. The van der Waals surface area contributed by atoms with Crippen molar-refractivity contribution in [3.63, 3.8) is 0 Å². The van der Waals surface area contributed by atoms with Crippen molar-refractivity contribution in [1.29, 1.82) is 0 Å². The second-order valence-electron chi connectivity index (χ2n) is 11.6. The van der Waals surface area contributed by atoms with Gasteiger partial charge in [0.2, 0.25) is 0 Å². The lowest BCUT2D eigenvalue weighted by Gasteiger charge is -2.03. The zero-order chi connectivity index (χ0) is 27.6. The number of carbonyl (C=O) groups excluding carboxylic acids is 1. The maximum absolute atomic E-state index is 11.9. The molecule has 2 nitrogen and oxygen atoms in total. The van der Waals surface area contributed by atoms with E-state index in [1.165, 1.54) is 161 Å². The summed E-state index contributed by atoms with van der Waals surface area (Å²) in [6.07, 6.45) is 46.1. The van der Waals surface area contributed by atoms with E-state index in [9.17, 15) is 4.79 Å². The average Bonchev–Trinajstić information content (AvgIpc) is 2.92. The standard InChI is InChI=1S/C36H68O2/c1-3-5-7-9-11-13-15-17-19-21-23-25-27-29-31-33-35-38-36(37)34-32-30-28-26-24-22-20-18-16-14-12-10-8-6-4-2/h18,20,33,35H,3-17,19,21-32,34H2,1-2H3/b20-18-,35-33?. The topological polar surface area (TPSA) is 26.3 Å². The first-order chi connectivity index (χ1) is 18.8. The summed E-state index contributed by atoms with van der Waals surface area (Å²) in [4.78, 5) is 11.9. The maximum atomic E-state index is 11.9. The van der Waals surface area contributed by atoms with Crippen LogP contribution in [0.5, 0.6) is 0 Å². The molecule has 0 heterocycles. The Morgan fingerprint density at radius 2 is 0.737 bits per heavy atom. The van der Waals surface area contributed by atoms with Gasteiger partial charge in [0, 0.05) is 6.42 Å². The fourth-order valence-corrected chi connectivity index (χ4v) is 5.05. The number of carbonyl (C=O) groups is 1. The van der Waals surface area contributed by atoms with Gasteiger partial charge in [-0.05, 0) is 51.0 Å². The molecule has 224 valence electrons. The van der Waals surface area contributed by atoms with E-state index in [4.69, 9.17) is 4.74 Å². The van der Waals surface area contributed by atoms with E-state index in [0.717, 1.165) is 19.3 Å². The second-order valence-corrected chi connectivity index (χ2v) is 11.6. The van der Waals surface area contributed by atoms with Gasteiger partial charge in [-0.3, -0.25) is 4.79 Å². The van der Waals surface area contributed by atoms with Crippen molar-refractivity contribution in [2.24, 2.45) is 0 Å². The number of allylic oxidation sites excluding steroid dienone is 3. The predicted octanol–water partition coefficient (Wildman–Crippen LogP) is 13.0. The molecule has 0 aliphatic heterocycles. The molecule has 0 aliphatic rings. The molecular formula is C36H68O2. The van der Waals surface area contributed by atoms with Crippen molar-refractivity contribution < 1.29 is 9.53 Å². The molecule has 2 heteroatoms. The van der Waals surface area contributed by atoms with Gasteiger partial charge in [0.25, 0.3) is 0 Å². The monoisotopic (exact) mass is 533 g/mol. The van der Waals surface area contributed by atoms with Crippen molar-refractivity contribution in [1.82, 2.24) is 0 Å². The number of ether oxygens (including phenoxy) is 1. The maximum Gasteiger partial charge on any atom is 0.310 e. The summed E-state index contributed by atoms with van der Waals surface area (Å²) in [5, 5.41) is 0. The zero-order valence-corrected chi connectivity index (χ0v) is 26.1. The molecule has 0 N–H and O–H groups in total. The number of esters is 1. The first-order valence-corrected chi connectivity index (χ1v) is 17.3. The molecule has 0 saturated carbocycles. The Bertz CT molecular complexity index is 507. The van der Waals surface area contributed by atoms with Crippen molar-refractivity contribution in [3.05, 3.63) is 24.5 Å². The van der Waals surface area contributed by atoms with Crippen LogP contribution in [0.15, 0.2) is 24.5 Å². The van der Waals surface area contributed by atoms with Gasteiger partial charge in [-0.25, -0.2) is 0 Å². The van der Waals surface area contributed by atoms with E-state index in [0.29, 0.717) is 6.42 Å². The van der Waals surface area contributed by atoms with E-state index in [1.807, 2.05) is 6.08 Å². The van der Waals surface area contributed by atoms with Crippen LogP contribution in [-0.2, 0) is 9.53 Å². The van der Waals surface area contributed by atoms with Crippen LogP contribution in [0.1, 0.15) is 200 Å². The Kier molecular flexibility index (Phi) is 33.0. The summed E-state index contributed by atoms with van der Waals surface area (Å²) < 4.78 is 5.25. The molecule has 0 rings (SSSR count). The molecule has 0 fully saturated rings. The number of hydrogen-bond acceptors (Lipinski definition) is 2. The van der Waals surface area contributed by atoms with Gasteiger partial charge in [-0.15, -0.1) is 0 Å². The van der Waals surface area contributed by atoms with Gasteiger partial charge in [-0.2, -0.15) is 0 Å². The van der Waals surface area contributed by atoms with Crippen LogP contribution in [0.2, 0.25) is 0 Å². The van der Waals surface area contributed by atoms with Crippen LogP contribution < -0.4 is 0 Å². The van der Waals surface area contributed by atoms with Crippen LogP contribution >= 0.6 is 0 Å². The summed E-state index contributed by atoms with van der Waals surface area (Å²) in [5.74, 6) is -0.0696. The Hall–Kier alpha value is -1.05. The van der Waals surface area contributed by atoms with Crippen LogP contribution in [0, 0.1) is 0 Å². The normalized spacial score (nSPS) is 11.7. The molecule has 0 unspecified atom stereocenters. The summed E-state index contributed by atoms with van der Waals surface area (Å²) in [7, 11) is 0. The molecule has 0 aliphatic carbocycles. The van der Waals surface area contributed by atoms with E-state index in [-0.39, 0.29) is 5.97 Å². The highest BCUT2D eigenvalue weighted by Crippen LogP contribution is 2.14. The average molecular weight is 533 g/mol. The molecule has 0 bridgehead atoms. The van der Waals surface area contributed by atoms with E-state index >= 15 is 0 Å². The lowest BCUT2D eigenvalue weighted by Crippen LogP contribution is -1.98.